The Labute approximate surface area is 173 Å². The van der Waals surface area contributed by atoms with Crippen LogP contribution in [0.2, 0.25) is 0 Å². The van der Waals surface area contributed by atoms with Gasteiger partial charge in [-0.05, 0) is 66.9 Å². The van der Waals surface area contributed by atoms with Gasteiger partial charge in [-0.25, -0.2) is 9.69 Å². The second-order valence-electron chi connectivity index (χ2n) is 7.25. The van der Waals surface area contributed by atoms with Gasteiger partial charge >= 0.3 is 6.03 Å². The molecular weight excluding hydrogens is 392 g/mol. The van der Waals surface area contributed by atoms with Crippen molar-refractivity contribution in [3.8, 4) is 0 Å². The summed E-state index contributed by atoms with van der Waals surface area (Å²) in [5, 5.41) is 0. The van der Waals surface area contributed by atoms with Gasteiger partial charge in [0.15, 0.2) is 0 Å². The first kappa shape index (κ1) is 19.6. The predicted molar refractivity (Wildman–Crippen MR) is 115 cm³/mol. The standard InChI is InChI=1S/C21H24N2O3S2/c1-2-3-10-22-18(24)17(20-27-11-5-12-28-20)19(25)23(21(22)26)16-9-8-14-6-4-7-15(14)13-16/h8-9,13H,2-7,10-12H2,1H3. The van der Waals surface area contributed by atoms with Crippen molar-refractivity contribution >= 4 is 47.1 Å². The van der Waals surface area contributed by atoms with Crippen molar-refractivity contribution in [1.29, 1.82) is 0 Å². The van der Waals surface area contributed by atoms with Crippen LogP contribution in [0.1, 0.15) is 43.7 Å². The summed E-state index contributed by atoms with van der Waals surface area (Å²) in [7, 11) is 0. The molecule has 4 rings (SSSR count). The first-order valence-corrected chi connectivity index (χ1v) is 11.9. The molecule has 2 aliphatic heterocycles. The topological polar surface area (TPSA) is 57.7 Å². The second kappa shape index (κ2) is 8.33. The summed E-state index contributed by atoms with van der Waals surface area (Å²) in [5.41, 5.74) is 3.24. The second-order valence-corrected chi connectivity index (χ2v) is 9.72. The highest BCUT2D eigenvalue weighted by Gasteiger charge is 2.44. The van der Waals surface area contributed by atoms with Crippen LogP contribution in [0.4, 0.5) is 10.5 Å². The van der Waals surface area contributed by atoms with Crippen LogP contribution in [0.3, 0.4) is 0 Å². The maximum Gasteiger partial charge on any atom is 0.338 e. The lowest BCUT2D eigenvalue weighted by Gasteiger charge is -2.35. The molecule has 1 aliphatic carbocycles. The number of anilines is 1. The molecule has 0 saturated carbocycles. The SMILES string of the molecule is CCCCN1C(=O)C(=C2SCCCS2)C(=O)N(c2ccc3c(c2)CCC3)C1=O. The molecule has 3 aliphatic rings. The van der Waals surface area contributed by atoms with E-state index in [0.29, 0.717) is 12.2 Å². The summed E-state index contributed by atoms with van der Waals surface area (Å²) in [6.07, 6.45) is 5.77. The molecule has 7 heteroatoms. The third kappa shape index (κ3) is 3.50. The lowest BCUT2D eigenvalue weighted by atomic mass is 10.1. The predicted octanol–water partition coefficient (Wildman–Crippen LogP) is 4.35. The normalized spacial score (nSPS) is 20.2. The number of nitrogens with zero attached hydrogens (tertiary/aromatic N) is 2. The Balaban J connectivity index is 1.76. The third-order valence-electron chi connectivity index (χ3n) is 5.33. The van der Waals surface area contributed by atoms with Crippen LogP contribution in [-0.4, -0.2) is 40.8 Å². The lowest BCUT2D eigenvalue weighted by Crippen LogP contribution is -2.57. The van der Waals surface area contributed by atoms with Crippen molar-refractivity contribution in [2.75, 3.05) is 23.0 Å². The molecule has 148 valence electrons. The van der Waals surface area contributed by atoms with E-state index in [2.05, 4.69) is 0 Å². The average Bonchev–Trinajstić information content (AvgIpc) is 3.17. The molecule has 0 aromatic heterocycles. The molecule has 4 amide bonds. The Morgan fingerprint density at radius 2 is 1.71 bits per heavy atom. The number of hydrogen-bond acceptors (Lipinski definition) is 5. The number of barbiturate groups is 1. The van der Waals surface area contributed by atoms with E-state index in [9.17, 15) is 14.4 Å². The Hall–Kier alpha value is -1.73. The zero-order valence-corrected chi connectivity index (χ0v) is 17.7. The van der Waals surface area contributed by atoms with Gasteiger partial charge in [-0.1, -0.05) is 19.4 Å². The van der Waals surface area contributed by atoms with E-state index in [1.54, 1.807) is 23.5 Å². The van der Waals surface area contributed by atoms with Gasteiger partial charge in [0.1, 0.15) is 5.57 Å². The molecule has 28 heavy (non-hydrogen) atoms. The van der Waals surface area contributed by atoms with Crippen LogP contribution in [0.15, 0.2) is 28.0 Å². The monoisotopic (exact) mass is 416 g/mol. The minimum absolute atomic E-state index is 0.172. The molecule has 0 spiro atoms. The number of thioether (sulfide) groups is 2. The third-order valence-corrected chi connectivity index (χ3v) is 7.96. The minimum Gasteiger partial charge on any atom is -0.268 e. The van der Waals surface area contributed by atoms with E-state index < -0.39 is 17.8 Å². The van der Waals surface area contributed by atoms with E-state index in [0.717, 1.165) is 54.3 Å². The highest BCUT2D eigenvalue weighted by atomic mass is 32.2. The Kier molecular flexibility index (Phi) is 5.83. The van der Waals surface area contributed by atoms with Crippen molar-refractivity contribution in [1.82, 2.24) is 4.90 Å². The zero-order chi connectivity index (χ0) is 19.7. The molecule has 1 aromatic carbocycles. The van der Waals surface area contributed by atoms with Crippen LogP contribution in [0.25, 0.3) is 0 Å². The van der Waals surface area contributed by atoms with Gasteiger partial charge < -0.3 is 0 Å². The first-order valence-electron chi connectivity index (χ1n) is 9.93. The number of unbranched alkanes of at least 4 members (excludes halogenated alkanes) is 1. The Morgan fingerprint density at radius 1 is 0.964 bits per heavy atom. The number of urea groups is 1. The lowest BCUT2D eigenvalue weighted by molar-refractivity contribution is -0.129. The highest BCUT2D eigenvalue weighted by molar-refractivity contribution is 8.22. The van der Waals surface area contributed by atoms with Crippen molar-refractivity contribution in [2.24, 2.45) is 0 Å². The van der Waals surface area contributed by atoms with E-state index in [1.807, 2.05) is 25.1 Å². The number of imide groups is 2. The summed E-state index contributed by atoms with van der Waals surface area (Å²) in [5.74, 6) is 0.887. The van der Waals surface area contributed by atoms with Gasteiger partial charge in [0, 0.05) is 6.54 Å². The number of hydrogen-bond donors (Lipinski definition) is 0. The molecule has 0 N–H and O–H groups in total. The number of aryl methyl sites for hydroxylation is 2. The van der Waals surface area contributed by atoms with E-state index in [4.69, 9.17) is 0 Å². The molecule has 5 nitrogen and oxygen atoms in total. The van der Waals surface area contributed by atoms with Crippen LogP contribution in [-0.2, 0) is 22.4 Å². The minimum atomic E-state index is -0.517. The summed E-state index contributed by atoms with van der Waals surface area (Å²) in [6.45, 7) is 2.36. The molecule has 0 radical (unpaired) electrons. The first-order chi connectivity index (χ1) is 13.6. The molecule has 0 unspecified atom stereocenters. The maximum atomic E-state index is 13.3. The fourth-order valence-electron chi connectivity index (χ4n) is 3.82. The number of carbonyl (C=O) groups is 3. The highest BCUT2D eigenvalue weighted by Crippen LogP contribution is 2.40. The number of fused-ring (bicyclic) bond motifs is 1. The zero-order valence-electron chi connectivity index (χ0n) is 16.0. The average molecular weight is 417 g/mol. The molecule has 2 saturated heterocycles. The molecule has 2 heterocycles. The maximum absolute atomic E-state index is 13.3. The van der Waals surface area contributed by atoms with Gasteiger partial charge in [0.2, 0.25) is 0 Å². The fraction of sp³-hybridized carbons (Fsp3) is 0.476. The summed E-state index contributed by atoms with van der Waals surface area (Å²) in [6, 6.07) is 5.30. The Bertz CT molecular complexity index is 857. The van der Waals surface area contributed by atoms with Gasteiger partial charge in [0.05, 0.1) is 9.92 Å². The molecule has 0 bridgehead atoms. The number of benzene rings is 1. The molecule has 2 fully saturated rings. The largest absolute Gasteiger partial charge is 0.338 e. The number of carbonyl (C=O) groups excluding carboxylic acids is 3. The van der Waals surface area contributed by atoms with Crippen LogP contribution >= 0.6 is 23.5 Å². The van der Waals surface area contributed by atoms with Crippen LogP contribution in [0, 0.1) is 0 Å². The Morgan fingerprint density at radius 3 is 2.46 bits per heavy atom. The quantitative estimate of drug-likeness (QED) is 0.539. The summed E-state index contributed by atoms with van der Waals surface area (Å²) < 4.78 is 0.765. The van der Waals surface area contributed by atoms with Gasteiger partial charge in [-0.3, -0.25) is 14.5 Å². The fourth-order valence-corrected chi connectivity index (χ4v) is 6.42. The van der Waals surface area contributed by atoms with Crippen LogP contribution in [0.5, 0.6) is 0 Å². The van der Waals surface area contributed by atoms with E-state index >= 15 is 0 Å². The van der Waals surface area contributed by atoms with Crippen molar-refractivity contribution in [3.63, 3.8) is 0 Å². The summed E-state index contributed by atoms with van der Waals surface area (Å²) in [4.78, 5) is 42.1. The summed E-state index contributed by atoms with van der Waals surface area (Å²) >= 11 is 3.12. The van der Waals surface area contributed by atoms with E-state index in [-0.39, 0.29) is 5.57 Å². The van der Waals surface area contributed by atoms with Gasteiger partial charge in [-0.15, -0.1) is 23.5 Å². The van der Waals surface area contributed by atoms with Crippen molar-refractivity contribution < 1.29 is 14.4 Å². The van der Waals surface area contributed by atoms with Crippen LogP contribution < -0.4 is 4.90 Å². The molecule has 0 atom stereocenters. The van der Waals surface area contributed by atoms with Crippen molar-refractivity contribution in [3.05, 3.63) is 39.1 Å². The molecule has 1 aromatic rings. The number of amides is 4. The van der Waals surface area contributed by atoms with Crippen molar-refractivity contribution in [2.45, 2.75) is 45.4 Å². The van der Waals surface area contributed by atoms with Gasteiger partial charge in [-0.2, -0.15) is 0 Å². The van der Waals surface area contributed by atoms with Gasteiger partial charge in [0.25, 0.3) is 11.8 Å². The molecular formula is C21H24N2O3S2. The number of rotatable bonds is 4. The smallest absolute Gasteiger partial charge is 0.268 e. The van der Waals surface area contributed by atoms with E-state index in [1.165, 1.54) is 20.9 Å².